The average Bonchev–Trinajstić information content (AvgIpc) is 3.35. The molecule has 3 aromatic rings. The molecular formula is C24H24FN5O4. The molecule has 2 aliphatic rings. The highest BCUT2D eigenvalue weighted by Gasteiger charge is 2.29. The zero-order valence-corrected chi connectivity index (χ0v) is 18.7. The van der Waals surface area contributed by atoms with Crippen LogP contribution in [0.2, 0.25) is 0 Å². The number of imide groups is 1. The first kappa shape index (κ1) is 22.0. The molecule has 1 fully saturated rings. The van der Waals surface area contributed by atoms with Gasteiger partial charge in [-0.1, -0.05) is 12.1 Å². The molecule has 2 aromatic carbocycles. The van der Waals surface area contributed by atoms with Crippen molar-refractivity contribution in [2.24, 2.45) is 0 Å². The van der Waals surface area contributed by atoms with Crippen molar-refractivity contribution < 1.29 is 23.5 Å². The summed E-state index contributed by atoms with van der Waals surface area (Å²) < 4.78 is 20.1. The fraction of sp³-hybridized carbons (Fsp3) is 0.333. The summed E-state index contributed by atoms with van der Waals surface area (Å²) >= 11 is 0. The van der Waals surface area contributed by atoms with Crippen molar-refractivity contribution in [3.8, 4) is 0 Å². The van der Waals surface area contributed by atoms with Crippen LogP contribution in [0, 0.1) is 5.82 Å². The predicted molar refractivity (Wildman–Crippen MR) is 123 cm³/mol. The molecular weight excluding hydrogens is 441 g/mol. The number of fused-ring (bicyclic) bond motifs is 2. The number of hydrogen-bond donors (Lipinski definition) is 1. The summed E-state index contributed by atoms with van der Waals surface area (Å²) in [6.45, 7) is 5.53. The van der Waals surface area contributed by atoms with Gasteiger partial charge in [-0.15, -0.1) is 5.10 Å². The van der Waals surface area contributed by atoms with E-state index in [0.29, 0.717) is 47.4 Å². The minimum absolute atomic E-state index is 0.198. The number of hydrogen-bond acceptors (Lipinski definition) is 7. The number of carbonyl (C=O) groups excluding carboxylic acids is 3. The molecule has 2 amide bonds. The fourth-order valence-electron chi connectivity index (χ4n) is 4.59. The van der Waals surface area contributed by atoms with E-state index >= 15 is 0 Å². The van der Waals surface area contributed by atoms with Crippen LogP contribution in [0.25, 0.3) is 10.9 Å². The molecule has 9 nitrogen and oxygen atoms in total. The van der Waals surface area contributed by atoms with Crippen LogP contribution in [0.15, 0.2) is 36.4 Å². The summed E-state index contributed by atoms with van der Waals surface area (Å²) in [4.78, 5) is 40.8. The molecule has 5 rings (SSSR count). The Balaban J connectivity index is 1.28. The molecule has 1 saturated heterocycles. The minimum atomic E-state index is -0.638. The second-order valence-corrected chi connectivity index (χ2v) is 8.30. The standard InChI is InChI=1S/C24H24FN5O4/c1-2-34-24(33)30-19-14-16(25)6-7-17(19)21(27-30)29-12-10-28(11-13-29)9-8-15-4-3-5-18-20(15)23(32)26-22(18)31/h3-7,14H,2,8-13H2,1H3,(H,26,31,32). The van der Waals surface area contributed by atoms with Crippen LogP contribution in [0.1, 0.15) is 33.2 Å². The lowest BCUT2D eigenvalue weighted by atomic mass is 10.00. The second-order valence-electron chi connectivity index (χ2n) is 8.30. The van der Waals surface area contributed by atoms with E-state index < -0.39 is 11.9 Å². The number of benzene rings is 2. The summed E-state index contributed by atoms with van der Waals surface area (Å²) in [6.07, 6.45) is 0.0183. The highest BCUT2D eigenvalue weighted by molar-refractivity contribution is 6.22. The Labute approximate surface area is 195 Å². The number of amides is 2. The highest BCUT2D eigenvalue weighted by Crippen LogP contribution is 2.28. The predicted octanol–water partition coefficient (Wildman–Crippen LogP) is 2.43. The first-order valence-corrected chi connectivity index (χ1v) is 11.3. The maximum Gasteiger partial charge on any atom is 0.435 e. The Morgan fingerprint density at radius 3 is 2.68 bits per heavy atom. The first-order valence-electron chi connectivity index (χ1n) is 11.3. The lowest BCUT2D eigenvalue weighted by Gasteiger charge is -2.35. The monoisotopic (exact) mass is 465 g/mol. The molecule has 0 bridgehead atoms. The summed E-state index contributed by atoms with van der Waals surface area (Å²) in [5.41, 5.74) is 2.16. The van der Waals surface area contributed by atoms with E-state index in [1.165, 1.54) is 12.1 Å². The van der Waals surface area contributed by atoms with Crippen molar-refractivity contribution >= 4 is 34.6 Å². The summed E-state index contributed by atoms with van der Waals surface area (Å²) in [5, 5.41) is 7.50. The number of anilines is 1. The Morgan fingerprint density at radius 1 is 1.12 bits per heavy atom. The van der Waals surface area contributed by atoms with E-state index in [0.717, 1.165) is 29.9 Å². The molecule has 0 atom stereocenters. The molecule has 1 N–H and O–H groups in total. The van der Waals surface area contributed by atoms with Gasteiger partial charge in [0.1, 0.15) is 5.82 Å². The van der Waals surface area contributed by atoms with Crippen LogP contribution in [0.4, 0.5) is 15.0 Å². The van der Waals surface area contributed by atoms with E-state index in [2.05, 4.69) is 20.2 Å². The zero-order chi connectivity index (χ0) is 23.8. The fourth-order valence-corrected chi connectivity index (χ4v) is 4.59. The molecule has 10 heteroatoms. The van der Waals surface area contributed by atoms with Crippen molar-refractivity contribution in [3.63, 3.8) is 0 Å². The zero-order valence-electron chi connectivity index (χ0n) is 18.7. The van der Waals surface area contributed by atoms with Gasteiger partial charge in [-0.25, -0.2) is 9.18 Å². The third-order valence-electron chi connectivity index (χ3n) is 6.28. The van der Waals surface area contributed by atoms with Gasteiger partial charge in [0.2, 0.25) is 0 Å². The van der Waals surface area contributed by atoms with Crippen LogP contribution < -0.4 is 10.2 Å². The Morgan fingerprint density at radius 2 is 1.91 bits per heavy atom. The topological polar surface area (TPSA) is 96.8 Å². The van der Waals surface area contributed by atoms with E-state index in [9.17, 15) is 18.8 Å². The molecule has 0 radical (unpaired) electrons. The van der Waals surface area contributed by atoms with Gasteiger partial charge in [0.15, 0.2) is 5.82 Å². The summed E-state index contributed by atoms with van der Waals surface area (Å²) in [5.74, 6) is -0.499. The summed E-state index contributed by atoms with van der Waals surface area (Å²) in [7, 11) is 0. The summed E-state index contributed by atoms with van der Waals surface area (Å²) in [6, 6.07) is 9.65. The van der Waals surface area contributed by atoms with Gasteiger partial charge in [-0.05, 0) is 37.1 Å². The molecule has 34 heavy (non-hydrogen) atoms. The lowest BCUT2D eigenvalue weighted by molar-refractivity contribution is 0.0879. The molecule has 0 spiro atoms. The van der Waals surface area contributed by atoms with Gasteiger partial charge < -0.3 is 9.64 Å². The van der Waals surface area contributed by atoms with Crippen LogP contribution in [-0.4, -0.2) is 71.9 Å². The number of carbonyl (C=O) groups is 3. The molecule has 3 heterocycles. The number of rotatable bonds is 5. The van der Waals surface area contributed by atoms with Gasteiger partial charge in [-0.2, -0.15) is 4.68 Å². The lowest BCUT2D eigenvalue weighted by Crippen LogP contribution is -2.47. The van der Waals surface area contributed by atoms with Gasteiger partial charge in [0.25, 0.3) is 11.8 Å². The molecule has 176 valence electrons. The third kappa shape index (κ3) is 3.90. The van der Waals surface area contributed by atoms with Gasteiger partial charge in [0.05, 0.1) is 23.3 Å². The quantitative estimate of drug-likeness (QED) is 0.578. The molecule has 1 aromatic heterocycles. The normalized spacial score (nSPS) is 16.1. The molecule has 2 aliphatic heterocycles. The smallest absolute Gasteiger partial charge is 0.435 e. The van der Waals surface area contributed by atoms with Crippen LogP contribution >= 0.6 is 0 Å². The van der Waals surface area contributed by atoms with Crippen molar-refractivity contribution in [1.82, 2.24) is 20.0 Å². The number of nitrogens with zero attached hydrogens (tertiary/aromatic N) is 4. The maximum atomic E-state index is 13.9. The molecule has 0 unspecified atom stereocenters. The Bertz CT molecular complexity index is 1300. The first-order chi connectivity index (χ1) is 16.5. The van der Waals surface area contributed by atoms with Crippen molar-refractivity contribution in [2.45, 2.75) is 13.3 Å². The van der Waals surface area contributed by atoms with Crippen molar-refractivity contribution in [3.05, 3.63) is 58.9 Å². The Kier molecular flexibility index (Phi) is 5.74. The van der Waals surface area contributed by atoms with Gasteiger partial charge in [-0.3, -0.25) is 19.8 Å². The van der Waals surface area contributed by atoms with E-state index in [-0.39, 0.29) is 18.4 Å². The third-order valence-corrected chi connectivity index (χ3v) is 6.28. The number of piperazine rings is 1. The number of nitrogens with one attached hydrogen (secondary N) is 1. The minimum Gasteiger partial charge on any atom is -0.448 e. The highest BCUT2D eigenvalue weighted by atomic mass is 19.1. The van der Waals surface area contributed by atoms with Gasteiger partial charge in [0, 0.05) is 44.2 Å². The van der Waals surface area contributed by atoms with Gasteiger partial charge >= 0.3 is 6.09 Å². The van der Waals surface area contributed by atoms with E-state index in [1.54, 1.807) is 25.1 Å². The van der Waals surface area contributed by atoms with Crippen molar-refractivity contribution in [1.29, 1.82) is 0 Å². The average molecular weight is 465 g/mol. The van der Waals surface area contributed by atoms with Crippen LogP contribution in [0.3, 0.4) is 0 Å². The Hall–Kier alpha value is -3.79. The van der Waals surface area contributed by atoms with E-state index in [1.807, 2.05) is 6.07 Å². The van der Waals surface area contributed by atoms with Crippen LogP contribution in [0.5, 0.6) is 0 Å². The largest absolute Gasteiger partial charge is 0.448 e. The second kappa shape index (κ2) is 8.86. The molecule has 0 aliphatic carbocycles. The van der Waals surface area contributed by atoms with E-state index in [4.69, 9.17) is 4.74 Å². The maximum absolute atomic E-state index is 13.9. The number of aromatic nitrogens is 2. The number of halogens is 1. The van der Waals surface area contributed by atoms with Crippen LogP contribution in [-0.2, 0) is 11.2 Å². The SMILES string of the molecule is CCOC(=O)n1nc(N2CCN(CCc3cccc4c3C(=O)NC4=O)CC2)c2ccc(F)cc21. The van der Waals surface area contributed by atoms with Crippen molar-refractivity contribution in [2.75, 3.05) is 44.2 Å². The number of ether oxygens (including phenoxy) is 1. The molecule has 0 saturated carbocycles.